The normalized spacial score (nSPS) is 19.1. The van der Waals surface area contributed by atoms with Crippen LogP contribution in [0.3, 0.4) is 0 Å². The number of carboxylic acid groups (broad SMARTS) is 1. The van der Waals surface area contributed by atoms with Crippen LogP contribution in [0.5, 0.6) is 0 Å². The van der Waals surface area contributed by atoms with Gasteiger partial charge in [0.1, 0.15) is 17.5 Å². The lowest BCUT2D eigenvalue weighted by atomic mass is 9.84. The van der Waals surface area contributed by atoms with Crippen LogP contribution < -0.4 is 10.6 Å². The van der Waals surface area contributed by atoms with E-state index in [1.54, 1.807) is 31.7 Å². The molecular weight excluding hydrogens is 483 g/mol. The van der Waals surface area contributed by atoms with E-state index in [-0.39, 0.29) is 48.6 Å². The Morgan fingerprint density at radius 3 is 2.35 bits per heavy atom. The van der Waals surface area contributed by atoms with Gasteiger partial charge >= 0.3 is 12.1 Å². The molecule has 3 amide bonds. The minimum absolute atomic E-state index is 0.0102. The number of hydrogen-bond donors (Lipinski definition) is 2. The fraction of sp³-hybridized carbons (Fsp3) is 0.615. The van der Waals surface area contributed by atoms with E-state index in [0.29, 0.717) is 18.7 Å². The highest BCUT2D eigenvalue weighted by Gasteiger charge is 2.40. The largest absolute Gasteiger partial charge is 0.465 e. The van der Waals surface area contributed by atoms with Crippen molar-refractivity contribution in [2.24, 2.45) is 11.1 Å². The average molecular weight is 521 g/mol. The molecule has 1 aromatic rings. The lowest BCUT2D eigenvalue weighted by Gasteiger charge is -2.46. The van der Waals surface area contributed by atoms with Crippen LogP contribution in [0.2, 0.25) is 0 Å². The summed E-state index contributed by atoms with van der Waals surface area (Å²) < 4.78 is 20.6. The highest BCUT2D eigenvalue weighted by atomic mass is 19.1. The van der Waals surface area contributed by atoms with Crippen LogP contribution in [0.4, 0.5) is 14.9 Å². The van der Waals surface area contributed by atoms with Gasteiger partial charge in [-0.25, -0.2) is 9.18 Å². The molecule has 0 aromatic heterocycles. The van der Waals surface area contributed by atoms with E-state index in [9.17, 15) is 24.3 Å². The van der Waals surface area contributed by atoms with Gasteiger partial charge < -0.3 is 30.3 Å². The first-order valence-electron chi connectivity index (χ1n) is 12.4. The molecule has 204 valence electrons. The Morgan fingerprint density at radius 2 is 1.81 bits per heavy atom. The number of fused-ring (bicyclic) bond motifs is 1. The summed E-state index contributed by atoms with van der Waals surface area (Å²) in [6.45, 7) is 11.9. The van der Waals surface area contributed by atoms with Gasteiger partial charge in [-0.15, -0.1) is 0 Å². The van der Waals surface area contributed by atoms with E-state index >= 15 is 4.39 Å². The Hall–Kier alpha value is -3.37. The fourth-order valence-corrected chi connectivity index (χ4v) is 4.91. The lowest BCUT2D eigenvalue weighted by Crippen LogP contribution is -2.59. The number of carbonyl (C=O) groups is 4. The average Bonchev–Trinajstić information content (AvgIpc) is 3.06. The van der Waals surface area contributed by atoms with E-state index < -0.39 is 41.3 Å². The topological polar surface area (TPSA) is 133 Å². The maximum absolute atomic E-state index is 15.3. The number of amides is 3. The van der Waals surface area contributed by atoms with Gasteiger partial charge in [-0.1, -0.05) is 20.8 Å². The number of primary amides is 1. The standard InChI is InChI=1S/C26H37FN4O6/c1-25(2,3)20-14-29(9-10-30(20)24(35)36)19-11-15-13-31(23(34)16(15)12-17(19)27)18(22(28)33)7-8-21(32)37-26(4,5)6/h11-12,18,20H,7-10,13-14H2,1-6H3,(H2,28,33)(H,35,36). The maximum Gasteiger partial charge on any atom is 0.407 e. The highest BCUT2D eigenvalue weighted by molar-refractivity contribution is 6.01. The molecule has 2 unspecified atom stereocenters. The number of ether oxygens (including phenoxy) is 1. The molecule has 2 atom stereocenters. The molecule has 3 N–H and O–H groups in total. The number of halogens is 1. The fourth-order valence-electron chi connectivity index (χ4n) is 4.91. The van der Waals surface area contributed by atoms with E-state index in [1.807, 2.05) is 20.8 Å². The number of carbonyl (C=O) groups excluding carboxylic acids is 3. The first-order chi connectivity index (χ1) is 17.0. The van der Waals surface area contributed by atoms with Crippen LogP contribution in [0.1, 0.15) is 70.3 Å². The summed E-state index contributed by atoms with van der Waals surface area (Å²) >= 11 is 0. The van der Waals surface area contributed by atoms with E-state index in [2.05, 4.69) is 0 Å². The van der Waals surface area contributed by atoms with E-state index in [0.717, 1.165) is 6.07 Å². The summed E-state index contributed by atoms with van der Waals surface area (Å²) in [7, 11) is 0. The number of anilines is 1. The Balaban J connectivity index is 1.81. The van der Waals surface area contributed by atoms with E-state index in [4.69, 9.17) is 10.5 Å². The van der Waals surface area contributed by atoms with E-state index in [1.165, 1.54) is 9.80 Å². The van der Waals surface area contributed by atoms with Gasteiger partial charge in [0, 0.05) is 38.2 Å². The summed E-state index contributed by atoms with van der Waals surface area (Å²) in [6.07, 6.45) is -1.13. The van der Waals surface area contributed by atoms with Crippen molar-refractivity contribution in [3.05, 3.63) is 29.1 Å². The number of nitrogens with zero attached hydrogens (tertiary/aromatic N) is 3. The molecule has 1 saturated heterocycles. The zero-order chi connectivity index (χ0) is 27.9. The van der Waals surface area contributed by atoms with Crippen molar-refractivity contribution in [2.45, 2.75) is 78.6 Å². The molecule has 0 bridgehead atoms. The van der Waals surface area contributed by atoms with Crippen molar-refractivity contribution < 1.29 is 33.4 Å². The van der Waals surface area contributed by atoms with Crippen molar-refractivity contribution in [1.82, 2.24) is 9.80 Å². The summed E-state index contributed by atoms with van der Waals surface area (Å²) in [5, 5.41) is 9.62. The lowest BCUT2D eigenvalue weighted by molar-refractivity contribution is -0.155. The van der Waals surface area contributed by atoms with Crippen molar-refractivity contribution >= 4 is 29.6 Å². The van der Waals surface area contributed by atoms with Crippen LogP contribution >= 0.6 is 0 Å². The highest BCUT2D eigenvalue weighted by Crippen LogP contribution is 2.35. The zero-order valence-corrected chi connectivity index (χ0v) is 22.3. The number of rotatable bonds is 6. The molecule has 1 aromatic carbocycles. The Labute approximate surface area is 216 Å². The van der Waals surface area contributed by atoms with Crippen LogP contribution in [-0.4, -0.2) is 76.1 Å². The maximum atomic E-state index is 15.3. The monoisotopic (exact) mass is 520 g/mol. The predicted molar refractivity (Wildman–Crippen MR) is 135 cm³/mol. The van der Waals surface area contributed by atoms with Crippen LogP contribution in [0, 0.1) is 11.2 Å². The summed E-state index contributed by atoms with van der Waals surface area (Å²) in [5.74, 6) is -2.40. The van der Waals surface area contributed by atoms with Crippen LogP contribution in [0.15, 0.2) is 12.1 Å². The third-order valence-electron chi connectivity index (χ3n) is 6.72. The Kier molecular flexibility index (Phi) is 7.76. The second-order valence-corrected chi connectivity index (χ2v) is 11.7. The molecule has 0 aliphatic carbocycles. The molecule has 2 heterocycles. The van der Waals surface area contributed by atoms with Gasteiger partial charge in [0.25, 0.3) is 5.91 Å². The summed E-state index contributed by atoms with van der Waals surface area (Å²) in [5.41, 5.74) is 5.47. The summed E-state index contributed by atoms with van der Waals surface area (Å²) in [6, 6.07) is 1.33. The van der Waals surface area contributed by atoms with Crippen LogP contribution in [0.25, 0.3) is 0 Å². The van der Waals surface area contributed by atoms with Gasteiger partial charge in [0.15, 0.2) is 0 Å². The van der Waals surface area contributed by atoms with Crippen molar-refractivity contribution in [1.29, 1.82) is 0 Å². The molecule has 0 saturated carbocycles. The number of esters is 1. The number of benzene rings is 1. The molecule has 2 aliphatic heterocycles. The van der Waals surface area contributed by atoms with Gasteiger partial charge in [-0.05, 0) is 50.3 Å². The predicted octanol–water partition coefficient (Wildman–Crippen LogP) is 2.97. The molecule has 37 heavy (non-hydrogen) atoms. The van der Waals surface area contributed by atoms with Crippen LogP contribution in [-0.2, 0) is 20.9 Å². The third kappa shape index (κ3) is 6.31. The third-order valence-corrected chi connectivity index (χ3v) is 6.72. The van der Waals surface area contributed by atoms with Gasteiger partial charge in [0.05, 0.1) is 11.7 Å². The summed E-state index contributed by atoms with van der Waals surface area (Å²) in [4.78, 5) is 53.7. The number of hydrogen-bond acceptors (Lipinski definition) is 6. The van der Waals surface area contributed by atoms with Gasteiger partial charge in [0.2, 0.25) is 5.91 Å². The van der Waals surface area contributed by atoms with Crippen molar-refractivity contribution in [2.75, 3.05) is 24.5 Å². The van der Waals surface area contributed by atoms with Crippen molar-refractivity contribution in [3.63, 3.8) is 0 Å². The zero-order valence-electron chi connectivity index (χ0n) is 22.3. The first-order valence-corrected chi connectivity index (χ1v) is 12.4. The molecule has 1 fully saturated rings. The molecule has 10 nitrogen and oxygen atoms in total. The second-order valence-electron chi connectivity index (χ2n) is 11.7. The van der Waals surface area contributed by atoms with Gasteiger partial charge in [-0.3, -0.25) is 14.4 Å². The van der Waals surface area contributed by atoms with Gasteiger partial charge in [-0.2, -0.15) is 0 Å². The molecule has 2 aliphatic rings. The minimum atomic E-state index is -1.05. The quantitative estimate of drug-likeness (QED) is 0.551. The molecule has 3 rings (SSSR count). The smallest absolute Gasteiger partial charge is 0.407 e. The Morgan fingerprint density at radius 1 is 1.16 bits per heavy atom. The number of nitrogens with two attached hydrogens (primary N) is 1. The first kappa shape index (κ1) is 28.2. The number of piperazine rings is 1. The second kappa shape index (κ2) is 10.2. The SMILES string of the molecule is CC(C)(C)OC(=O)CCC(C(N)=O)N1Cc2cc(N3CCN(C(=O)O)C(C(C)(C)C)C3)c(F)cc2C1=O. The van der Waals surface area contributed by atoms with Crippen molar-refractivity contribution in [3.8, 4) is 0 Å². The molecule has 0 radical (unpaired) electrons. The minimum Gasteiger partial charge on any atom is -0.465 e. The molecular formula is C26H37FN4O6. The molecule has 0 spiro atoms. The Bertz CT molecular complexity index is 1090. The molecule has 11 heteroatoms.